The number of aromatic nitrogens is 3. The van der Waals surface area contributed by atoms with E-state index >= 15 is 0 Å². The van der Waals surface area contributed by atoms with Gasteiger partial charge in [0.15, 0.2) is 23.1 Å². The van der Waals surface area contributed by atoms with E-state index in [-0.39, 0.29) is 12.6 Å². The minimum atomic E-state index is 0.189. The third-order valence-corrected chi connectivity index (χ3v) is 4.12. The number of hydrogen-bond donors (Lipinski definition) is 2. The number of pyridine rings is 1. The van der Waals surface area contributed by atoms with Gasteiger partial charge in [0, 0.05) is 18.3 Å². The second-order valence-electron chi connectivity index (χ2n) is 6.14. The van der Waals surface area contributed by atoms with Gasteiger partial charge in [-0.15, -0.1) is 0 Å². The van der Waals surface area contributed by atoms with Crippen molar-refractivity contribution in [1.29, 1.82) is 0 Å². The number of rotatable bonds is 11. The van der Waals surface area contributed by atoms with Gasteiger partial charge in [-0.05, 0) is 12.8 Å². The zero-order valence-corrected chi connectivity index (χ0v) is 16.5. The fourth-order valence-electron chi connectivity index (χ4n) is 2.87. The van der Waals surface area contributed by atoms with Crippen LogP contribution in [0.4, 0.5) is 11.8 Å². The lowest BCUT2D eigenvalue weighted by Gasteiger charge is -2.20. The Morgan fingerprint density at radius 2 is 1.81 bits per heavy atom. The molecule has 2 aromatic rings. The van der Waals surface area contributed by atoms with Crippen molar-refractivity contribution >= 4 is 11.8 Å². The maximum Gasteiger partial charge on any atom is 0.222 e. The summed E-state index contributed by atoms with van der Waals surface area (Å²) in [6.45, 7) is 4.52. The van der Waals surface area contributed by atoms with Gasteiger partial charge in [0.05, 0.1) is 20.4 Å². The van der Waals surface area contributed by atoms with E-state index in [1.807, 2.05) is 0 Å². The van der Waals surface area contributed by atoms with E-state index in [2.05, 4.69) is 34.1 Å². The molecule has 0 unspecified atom stereocenters. The molecule has 0 radical (unpaired) electrons. The Bertz CT molecular complexity index is 720. The molecule has 8 nitrogen and oxygen atoms in total. The van der Waals surface area contributed by atoms with Crippen molar-refractivity contribution in [3.63, 3.8) is 0 Å². The molecule has 0 bridgehead atoms. The Kier molecular flexibility index (Phi) is 7.91. The molecule has 27 heavy (non-hydrogen) atoms. The lowest BCUT2D eigenvalue weighted by molar-refractivity contribution is 0.284. The first-order chi connectivity index (χ1) is 13.1. The lowest BCUT2D eigenvalue weighted by atomic mass is 10.1. The summed E-state index contributed by atoms with van der Waals surface area (Å²) in [4.78, 5) is 12.7. The van der Waals surface area contributed by atoms with Gasteiger partial charge in [-0.2, -0.15) is 4.98 Å². The van der Waals surface area contributed by atoms with E-state index < -0.39 is 0 Å². The monoisotopic (exact) mass is 375 g/mol. The highest BCUT2D eigenvalue weighted by atomic mass is 16.5. The molecule has 0 atom stereocenters. The summed E-state index contributed by atoms with van der Waals surface area (Å²) >= 11 is 0. The fourth-order valence-corrected chi connectivity index (χ4v) is 2.87. The van der Waals surface area contributed by atoms with E-state index in [0.29, 0.717) is 34.8 Å². The smallest absolute Gasteiger partial charge is 0.222 e. The largest absolute Gasteiger partial charge is 0.493 e. The summed E-state index contributed by atoms with van der Waals surface area (Å²) in [5.74, 6) is 2.46. The van der Waals surface area contributed by atoms with Crippen molar-refractivity contribution in [2.45, 2.75) is 52.2 Å². The van der Waals surface area contributed by atoms with Crippen LogP contribution in [0.1, 0.15) is 45.2 Å². The maximum atomic E-state index is 5.94. The molecule has 0 saturated carbocycles. The van der Waals surface area contributed by atoms with Crippen molar-refractivity contribution in [3.8, 4) is 17.2 Å². The molecule has 0 amide bonds. The fraction of sp³-hybridized carbons (Fsp3) is 0.526. The summed E-state index contributed by atoms with van der Waals surface area (Å²) < 4.78 is 16.6. The SMILES string of the molecule is CCCC(CCC)Nc1nc(N)ncc1OCc1nccc(OC)c1OC. The zero-order valence-electron chi connectivity index (χ0n) is 16.5. The van der Waals surface area contributed by atoms with Crippen LogP contribution in [0.5, 0.6) is 17.2 Å². The van der Waals surface area contributed by atoms with Crippen LogP contribution >= 0.6 is 0 Å². The molecule has 0 spiro atoms. The molecule has 0 aromatic carbocycles. The van der Waals surface area contributed by atoms with Crippen molar-refractivity contribution in [2.24, 2.45) is 0 Å². The minimum absolute atomic E-state index is 0.189. The molecule has 8 heteroatoms. The van der Waals surface area contributed by atoms with E-state index in [1.54, 1.807) is 32.7 Å². The number of nitrogen functional groups attached to an aromatic ring is 1. The van der Waals surface area contributed by atoms with E-state index in [9.17, 15) is 0 Å². The summed E-state index contributed by atoms with van der Waals surface area (Å²) in [6, 6.07) is 2.04. The van der Waals surface area contributed by atoms with Crippen molar-refractivity contribution in [1.82, 2.24) is 15.0 Å². The second-order valence-corrected chi connectivity index (χ2v) is 6.14. The third kappa shape index (κ3) is 5.60. The Balaban J connectivity index is 2.19. The first-order valence-corrected chi connectivity index (χ1v) is 9.20. The Morgan fingerprint density at radius 3 is 2.44 bits per heavy atom. The first-order valence-electron chi connectivity index (χ1n) is 9.20. The quantitative estimate of drug-likeness (QED) is 0.615. The highest BCUT2D eigenvalue weighted by Gasteiger charge is 2.16. The van der Waals surface area contributed by atoms with E-state index in [1.165, 1.54) is 0 Å². The van der Waals surface area contributed by atoms with E-state index in [0.717, 1.165) is 25.7 Å². The highest BCUT2D eigenvalue weighted by Crippen LogP contribution is 2.31. The topological polar surface area (TPSA) is 104 Å². The van der Waals surface area contributed by atoms with Gasteiger partial charge >= 0.3 is 0 Å². The molecule has 0 fully saturated rings. The molecule has 0 aliphatic carbocycles. The van der Waals surface area contributed by atoms with Crippen LogP contribution in [0.2, 0.25) is 0 Å². The predicted molar refractivity (Wildman–Crippen MR) is 105 cm³/mol. The summed E-state index contributed by atoms with van der Waals surface area (Å²) in [5.41, 5.74) is 6.40. The third-order valence-electron chi connectivity index (χ3n) is 4.12. The zero-order chi connectivity index (χ0) is 19.6. The number of nitrogens with two attached hydrogens (primary N) is 1. The number of nitrogens with zero attached hydrogens (tertiary/aromatic N) is 3. The molecular formula is C19H29N5O3. The van der Waals surface area contributed by atoms with Gasteiger partial charge in [-0.1, -0.05) is 26.7 Å². The highest BCUT2D eigenvalue weighted by molar-refractivity contribution is 5.52. The maximum absolute atomic E-state index is 5.94. The number of nitrogens with one attached hydrogen (secondary N) is 1. The van der Waals surface area contributed by atoms with Crippen LogP contribution < -0.4 is 25.3 Å². The van der Waals surface area contributed by atoms with Gasteiger partial charge in [0.2, 0.25) is 5.95 Å². The second kappa shape index (κ2) is 10.4. The lowest BCUT2D eigenvalue weighted by Crippen LogP contribution is -2.21. The first kappa shape index (κ1) is 20.5. The summed E-state index contributed by atoms with van der Waals surface area (Å²) in [5, 5.41) is 3.45. The molecule has 0 aliphatic rings. The molecular weight excluding hydrogens is 346 g/mol. The van der Waals surface area contributed by atoms with Gasteiger partial charge < -0.3 is 25.3 Å². The molecule has 0 aliphatic heterocycles. The normalized spacial score (nSPS) is 10.7. The van der Waals surface area contributed by atoms with Crippen LogP contribution in [-0.4, -0.2) is 35.2 Å². The number of anilines is 2. The number of methoxy groups -OCH3 is 2. The van der Waals surface area contributed by atoms with Gasteiger partial charge in [0.25, 0.3) is 0 Å². The molecule has 148 valence electrons. The van der Waals surface area contributed by atoms with Crippen molar-refractivity contribution < 1.29 is 14.2 Å². The molecule has 3 N–H and O–H groups in total. The van der Waals surface area contributed by atoms with Crippen molar-refractivity contribution in [3.05, 3.63) is 24.2 Å². The number of ether oxygens (including phenoxy) is 3. The van der Waals surface area contributed by atoms with Crippen LogP contribution in [0.15, 0.2) is 18.5 Å². The average molecular weight is 375 g/mol. The van der Waals surface area contributed by atoms with Crippen LogP contribution in [0, 0.1) is 0 Å². The standard InChI is InChI=1S/C19H29N5O3/c1-5-7-13(8-6-2)23-18-16(11-22-19(20)24-18)27-12-14-17(26-4)15(25-3)9-10-21-14/h9-11,13H,5-8,12H2,1-4H3,(H3,20,22,23,24). The summed E-state index contributed by atoms with van der Waals surface area (Å²) in [7, 11) is 3.16. The van der Waals surface area contributed by atoms with Gasteiger partial charge in [-0.3, -0.25) is 4.98 Å². The average Bonchev–Trinajstić information content (AvgIpc) is 2.67. The predicted octanol–water partition coefficient (Wildman–Crippen LogP) is 3.43. The van der Waals surface area contributed by atoms with Crippen LogP contribution in [0.25, 0.3) is 0 Å². The Labute approximate surface area is 160 Å². The Morgan fingerprint density at radius 1 is 1.07 bits per heavy atom. The minimum Gasteiger partial charge on any atom is -0.493 e. The number of hydrogen-bond acceptors (Lipinski definition) is 8. The molecule has 2 heterocycles. The van der Waals surface area contributed by atoms with Crippen LogP contribution in [0.3, 0.4) is 0 Å². The summed E-state index contributed by atoms with van der Waals surface area (Å²) in [6.07, 6.45) is 7.48. The van der Waals surface area contributed by atoms with E-state index in [4.69, 9.17) is 19.9 Å². The van der Waals surface area contributed by atoms with Crippen LogP contribution in [-0.2, 0) is 6.61 Å². The molecule has 2 rings (SSSR count). The van der Waals surface area contributed by atoms with Gasteiger partial charge in [-0.25, -0.2) is 4.98 Å². The van der Waals surface area contributed by atoms with Crippen molar-refractivity contribution in [2.75, 3.05) is 25.3 Å². The Hall–Kier alpha value is -2.77. The molecule has 2 aromatic heterocycles. The molecule has 0 saturated heterocycles. The van der Waals surface area contributed by atoms with Gasteiger partial charge in [0.1, 0.15) is 12.3 Å².